The highest BCUT2D eigenvalue weighted by atomic mass is 16.1. The number of hydrogen-bond acceptors (Lipinski definition) is 2. The highest BCUT2D eigenvalue weighted by Crippen LogP contribution is 2.26. The molecule has 1 saturated heterocycles. The van der Waals surface area contributed by atoms with E-state index in [0.717, 1.165) is 11.3 Å². The van der Waals surface area contributed by atoms with Crippen LogP contribution in [0.1, 0.15) is 19.3 Å². The maximum absolute atomic E-state index is 10.4. The third kappa shape index (κ3) is 3.24. The van der Waals surface area contributed by atoms with Crippen molar-refractivity contribution in [3.8, 4) is 11.1 Å². The number of piperidine rings is 1. The van der Waals surface area contributed by atoms with Crippen LogP contribution in [0, 0.1) is 0 Å². The summed E-state index contributed by atoms with van der Waals surface area (Å²) in [5.74, 6) is 0. The largest absolute Gasteiger partial charge is 0.372 e. The summed E-state index contributed by atoms with van der Waals surface area (Å²) in [6.45, 7) is 2.34. The molecule has 0 bridgehead atoms. The molecule has 21 heavy (non-hydrogen) atoms. The molecule has 1 amide bonds. The second-order valence-electron chi connectivity index (χ2n) is 5.43. The van der Waals surface area contributed by atoms with Crippen LogP contribution in [0.25, 0.3) is 11.1 Å². The van der Waals surface area contributed by atoms with Crippen molar-refractivity contribution in [1.82, 2.24) is 0 Å². The minimum Gasteiger partial charge on any atom is -0.372 e. The van der Waals surface area contributed by atoms with E-state index in [9.17, 15) is 4.79 Å². The lowest BCUT2D eigenvalue weighted by atomic mass is 10.0. The molecule has 0 aliphatic carbocycles. The van der Waals surface area contributed by atoms with Gasteiger partial charge in [-0.3, -0.25) is 4.79 Å². The molecule has 0 spiro atoms. The van der Waals surface area contributed by atoms with Crippen LogP contribution in [0.2, 0.25) is 0 Å². The standard InChI is InChI=1S/C18H20N2O/c21-14-19-17-8-4-15(5-9-17)16-6-10-18(11-7-16)20-12-2-1-3-13-20/h4-11,14H,1-3,12-13H2,(H,19,21). The van der Waals surface area contributed by atoms with Gasteiger partial charge in [0, 0.05) is 24.5 Å². The summed E-state index contributed by atoms with van der Waals surface area (Å²) in [4.78, 5) is 12.9. The first-order valence-electron chi connectivity index (χ1n) is 7.52. The van der Waals surface area contributed by atoms with E-state index < -0.39 is 0 Å². The number of carbonyl (C=O) groups is 1. The van der Waals surface area contributed by atoms with Crippen molar-refractivity contribution in [2.24, 2.45) is 0 Å². The SMILES string of the molecule is O=CNc1ccc(-c2ccc(N3CCCCC3)cc2)cc1. The number of rotatable bonds is 4. The number of carbonyl (C=O) groups excluding carboxylic acids is 1. The Bertz CT molecular complexity index is 584. The van der Waals surface area contributed by atoms with Crippen LogP contribution < -0.4 is 10.2 Å². The molecular weight excluding hydrogens is 260 g/mol. The number of nitrogens with zero attached hydrogens (tertiary/aromatic N) is 1. The zero-order valence-corrected chi connectivity index (χ0v) is 12.1. The second kappa shape index (κ2) is 6.44. The lowest BCUT2D eigenvalue weighted by molar-refractivity contribution is -0.105. The smallest absolute Gasteiger partial charge is 0.211 e. The predicted octanol–water partition coefficient (Wildman–Crippen LogP) is 3.91. The van der Waals surface area contributed by atoms with Gasteiger partial charge in [-0.1, -0.05) is 24.3 Å². The van der Waals surface area contributed by atoms with Crippen LogP contribution in [-0.2, 0) is 4.79 Å². The summed E-state index contributed by atoms with van der Waals surface area (Å²) in [5.41, 5.74) is 4.50. The average Bonchev–Trinajstić information content (AvgIpc) is 2.57. The van der Waals surface area contributed by atoms with E-state index in [0.29, 0.717) is 6.41 Å². The maximum atomic E-state index is 10.4. The second-order valence-corrected chi connectivity index (χ2v) is 5.43. The highest BCUT2D eigenvalue weighted by Gasteiger charge is 2.10. The quantitative estimate of drug-likeness (QED) is 0.861. The van der Waals surface area contributed by atoms with Gasteiger partial charge in [0.2, 0.25) is 6.41 Å². The van der Waals surface area contributed by atoms with Gasteiger partial charge in [0.15, 0.2) is 0 Å². The van der Waals surface area contributed by atoms with Gasteiger partial charge in [0.05, 0.1) is 0 Å². The summed E-state index contributed by atoms with van der Waals surface area (Å²) < 4.78 is 0. The molecular formula is C18H20N2O. The molecule has 0 atom stereocenters. The molecule has 2 aromatic carbocycles. The molecule has 0 radical (unpaired) electrons. The van der Waals surface area contributed by atoms with Gasteiger partial charge in [-0.2, -0.15) is 0 Å². The van der Waals surface area contributed by atoms with E-state index in [1.807, 2.05) is 24.3 Å². The fraction of sp³-hybridized carbons (Fsp3) is 0.278. The zero-order chi connectivity index (χ0) is 14.5. The van der Waals surface area contributed by atoms with E-state index in [-0.39, 0.29) is 0 Å². The van der Waals surface area contributed by atoms with Crippen molar-refractivity contribution in [3.05, 3.63) is 48.5 Å². The third-order valence-electron chi connectivity index (χ3n) is 4.03. The maximum Gasteiger partial charge on any atom is 0.211 e. The van der Waals surface area contributed by atoms with E-state index in [1.54, 1.807) is 0 Å². The van der Waals surface area contributed by atoms with Crippen LogP contribution >= 0.6 is 0 Å². The van der Waals surface area contributed by atoms with Crippen molar-refractivity contribution in [2.45, 2.75) is 19.3 Å². The number of anilines is 2. The lowest BCUT2D eigenvalue weighted by Gasteiger charge is -2.28. The van der Waals surface area contributed by atoms with E-state index in [4.69, 9.17) is 0 Å². The Morgan fingerprint density at radius 1 is 0.810 bits per heavy atom. The third-order valence-corrected chi connectivity index (χ3v) is 4.03. The Kier molecular flexibility index (Phi) is 4.20. The van der Waals surface area contributed by atoms with E-state index in [2.05, 4.69) is 34.5 Å². The molecule has 3 heteroatoms. The van der Waals surface area contributed by atoms with Gasteiger partial charge in [-0.25, -0.2) is 0 Å². The predicted molar refractivity (Wildman–Crippen MR) is 87.6 cm³/mol. The van der Waals surface area contributed by atoms with Crippen LogP contribution in [0.15, 0.2) is 48.5 Å². The van der Waals surface area contributed by atoms with Gasteiger partial charge in [-0.15, -0.1) is 0 Å². The molecule has 1 aliphatic heterocycles. The summed E-state index contributed by atoms with van der Waals surface area (Å²) in [6, 6.07) is 16.7. The summed E-state index contributed by atoms with van der Waals surface area (Å²) in [5, 5.41) is 2.65. The average molecular weight is 280 g/mol. The van der Waals surface area contributed by atoms with Crippen molar-refractivity contribution >= 4 is 17.8 Å². The van der Waals surface area contributed by atoms with Gasteiger partial charge < -0.3 is 10.2 Å². The van der Waals surface area contributed by atoms with E-state index >= 15 is 0 Å². The first-order valence-corrected chi connectivity index (χ1v) is 7.52. The van der Waals surface area contributed by atoms with Gasteiger partial charge in [0.1, 0.15) is 0 Å². The zero-order valence-electron chi connectivity index (χ0n) is 12.1. The number of nitrogens with one attached hydrogen (secondary N) is 1. The molecule has 0 saturated carbocycles. The minimum absolute atomic E-state index is 0.697. The van der Waals surface area contributed by atoms with Gasteiger partial charge in [-0.05, 0) is 54.7 Å². The molecule has 1 N–H and O–H groups in total. The molecule has 1 fully saturated rings. The fourth-order valence-corrected chi connectivity index (χ4v) is 2.84. The molecule has 1 aliphatic rings. The molecule has 3 nitrogen and oxygen atoms in total. The Morgan fingerprint density at radius 3 is 1.95 bits per heavy atom. The number of benzene rings is 2. The molecule has 1 heterocycles. The first kappa shape index (κ1) is 13.7. The van der Waals surface area contributed by atoms with Crippen molar-refractivity contribution < 1.29 is 4.79 Å². The van der Waals surface area contributed by atoms with Crippen molar-refractivity contribution in [3.63, 3.8) is 0 Å². The van der Waals surface area contributed by atoms with Crippen molar-refractivity contribution in [2.75, 3.05) is 23.3 Å². The van der Waals surface area contributed by atoms with Crippen LogP contribution in [0.4, 0.5) is 11.4 Å². The molecule has 3 rings (SSSR count). The Hall–Kier alpha value is -2.29. The monoisotopic (exact) mass is 280 g/mol. The first-order chi connectivity index (χ1) is 10.4. The van der Waals surface area contributed by atoms with Gasteiger partial charge in [0.25, 0.3) is 0 Å². The molecule has 0 unspecified atom stereocenters. The molecule has 108 valence electrons. The number of hydrogen-bond donors (Lipinski definition) is 1. The minimum atomic E-state index is 0.697. The van der Waals surface area contributed by atoms with Crippen LogP contribution in [0.5, 0.6) is 0 Å². The topological polar surface area (TPSA) is 32.3 Å². The van der Waals surface area contributed by atoms with Gasteiger partial charge >= 0.3 is 0 Å². The van der Waals surface area contributed by atoms with Crippen LogP contribution in [-0.4, -0.2) is 19.5 Å². The van der Waals surface area contributed by atoms with Crippen LogP contribution in [0.3, 0.4) is 0 Å². The van der Waals surface area contributed by atoms with Crippen molar-refractivity contribution in [1.29, 1.82) is 0 Å². The molecule has 2 aromatic rings. The molecule has 0 aromatic heterocycles. The Balaban J connectivity index is 1.75. The number of amides is 1. The lowest BCUT2D eigenvalue weighted by Crippen LogP contribution is -2.29. The summed E-state index contributed by atoms with van der Waals surface area (Å²) in [7, 11) is 0. The summed E-state index contributed by atoms with van der Waals surface area (Å²) in [6.07, 6.45) is 4.65. The Morgan fingerprint density at radius 2 is 1.38 bits per heavy atom. The van der Waals surface area contributed by atoms with E-state index in [1.165, 1.54) is 43.6 Å². The fourth-order valence-electron chi connectivity index (χ4n) is 2.84. The Labute approximate surface area is 125 Å². The normalized spacial score (nSPS) is 14.8. The highest BCUT2D eigenvalue weighted by molar-refractivity contribution is 5.74. The summed E-state index contributed by atoms with van der Waals surface area (Å²) >= 11 is 0.